The fourth-order valence-electron chi connectivity index (χ4n) is 2.34. The average molecular weight is 319 g/mol. The lowest BCUT2D eigenvalue weighted by Gasteiger charge is -2.11. The summed E-state index contributed by atoms with van der Waals surface area (Å²) in [5.74, 6) is 0.0794. The van der Waals surface area contributed by atoms with Gasteiger partial charge in [0, 0.05) is 17.3 Å². The van der Waals surface area contributed by atoms with E-state index in [4.69, 9.17) is 4.74 Å². The third kappa shape index (κ3) is 3.57. The van der Waals surface area contributed by atoms with Crippen molar-refractivity contribution < 1.29 is 9.53 Å². The van der Waals surface area contributed by atoms with Crippen LogP contribution >= 0.6 is 0 Å². The van der Waals surface area contributed by atoms with E-state index in [0.29, 0.717) is 12.5 Å². The normalized spacial score (nSPS) is 10.2. The highest BCUT2D eigenvalue weighted by Crippen LogP contribution is 2.27. The summed E-state index contributed by atoms with van der Waals surface area (Å²) in [6, 6.07) is 19.1. The maximum Gasteiger partial charge on any atom is 0.274 e. The molecule has 1 heterocycles. The third-order valence-electron chi connectivity index (χ3n) is 3.43. The Hall–Kier alpha value is -3.21. The zero-order valence-corrected chi connectivity index (χ0v) is 13.3. The van der Waals surface area contributed by atoms with Gasteiger partial charge in [-0.15, -0.1) is 0 Å². The van der Waals surface area contributed by atoms with Crippen molar-refractivity contribution in [2.75, 3.05) is 11.9 Å². The Morgan fingerprint density at radius 1 is 1.04 bits per heavy atom. The van der Waals surface area contributed by atoms with Gasteiger partial charge < -0.3 is 10.1 Å². The van der Waals surface area contributed by atoms with Gasteiger partial charge in [-0.2, -0.15) is 0 Å². The van der Waals surface area contributed by atoms with Crippen molar-refractivity contribution in [3.8, 4) is 17.0 Å². The molecule has 0 atom stereocenters. The van der Waals surface area contributed by atoms with E-state index >= 15 is 0 Å². The van der Waals surface area contributed by atoms with E-state index in [0.717, 1.165) is 16.8 Å². The average Bonchev–Trinajstić information content (AvgIpc) is 2.63. The van der Waals surface area contributed by atoms with Crippen LogP contribution in [-0.2, 0) is 0 Å². The molecular formula is C19H17N3O2. The Morgan fingerprint density at radius 2 is 1.79 bits per heavy atom. The fraction of sp³-hybridized carbons (Fsp3) is 0.105. The summed E-state index contributed by atoms with van der Waals surface area (Å²) in [6.07, 6.45) is 1.32. The van der Waals surface area contributed by atoms with Crippen LogP contribution in [0, 0.1) is 0 Å². The van der Waals surface area contributed by atoms with Crippen molar-refractivity contribution in [2.24, 2.45) is 0 Å². The van der Waals surface area contributed by atoms with Crippen LogP contribution in [0.4, 0.5) is 5.69 Å². The van der Waals surface area contributed by atoms with Crippen LogP contribution in [0.2, 0.25) is 0 Å². The molecule has 3 rings (SSSR count). The number of hydrogen-bond donors (Lipinski definition) is 1. The predicted molar refractivity (Wildman–Crippen MR) is 93.0 cm³/mol. The van der Waals surface area contributed by atoms with Gasteiger partial charge in [-0.25, -0.2) is 9.97 Å². The van der Waals surface area contributed by atoms with E-state index in [-0.39, 0.29) is 11.6 Å². The van der Waals surface area contributed by atoms with Gasteiger partial charge in [-0.05, 0) is 18.6 Å². The minimum Gasteiger partial charge on any atom is -0.478 e. The van der Waals surface area contributed by atoms with Crippen molar-refractivity contribution >= 4 is 11.6 Å². The Morgan fingerprint density at radius 3 is 2.58 bits per heavy atom. The molecule has 1 aromatic heterocycles. The molecule has 5 nitrogen and oxygen atoms in total. The standard InChI is InChI=1S/C19H17N3O2/c1-2-24-18-12-17(20-13-21-18)19(23)22-16-11-7-6-10-15(16)14-8-4-3-5-9-14/h3-13H,2H2,1H3,(H,22,23). The molecule has 24 heavy (non-hydrogen) atoms. The zero-order valence-electron chi connectivity index (χ0n) is 13.3. The van der Waals surface area contributed by atoms with Crippen molar-refractivity contribution in [3.63, 3.8) is 0 Å². The van der Waals surface area contributed by atoms with Gasteiger partial charge in [0.2, 0.25) is 5.88 Å². The molecule has 0 saturated carbocycles. The van der Waals surface area contributed by atoms with E-state index in [1.54, 1.807) is 0 Å². The van der Waals surface area contributed by atoms with Gasteiger partial charge in [-0.1, -0.05) is 48.5 Å². The quantitative estimate of drug-likeness (QED) is 0.777. The first kappa shape index (κ1) is 15.7. The first-order valence-electron chi connectivity index (χ1n) is 7.68. The Kier molecular flexibility index (Phi) is 4.81. The number of anilines is 1. The minimum absolute atomic E-state index is 0.260. The molecular weight excluding hydrogens is 302 g/mol. The number of rotatable bonds is 5. The molecule has 0 aliphatic carbocycles. The van der Waals surface area contributed by atoms with Crippen molar-refractivity contribution in [2.45, 2.75) is 6.92 Å². The largest absolute Gasteiger partial charge is 0.478 e. The van der Waals surface area contributed by atoms with Crippen LogP contribution in [0.3, 0.4) is 0 Å². The first-order chi connectivity index (χ1) is 11.8. The number of nitrogens with zero attached hydrogens (tertiary/aromatic N) is 2. The SMILES string of the molecule is CCOc1cc(C(=O)Nc2ccccc2-c2ccccc2)ncn1. The van der Waals surface area contributed by atoms with Crippen LogP contribution in [0.25, 0.3) is 11.1 Å². The molecule has 0 fully saturated rings. The van der Waals surface area contributed by atoms with Gasteiger partial charge in [0.05, 0.1) is 6.61 Å². The predicted octanol–water partition coefficient (Wildman–Crippen LogP) is 3.79. The summed E-state index contributed by atoms with van der Waals surface area (Å²) in [6.45, 7) is 2.34. The number of ether oxygens (including phenoxy) is 1. The maximum absolute atomic E-state index is 12.5. The molecule has 0 unspecified atom stereocenters. The zero-order chi connectivity index (χ0) is 16.8. The molecule has 0 aliphatic rings. The maximum atomic E-state index is 12.5. The first-order valence-corrected chi connectivity index (χ1v) is 7.68. The smallest absolute Gasteiger partial charge is 0.274 e. The molecule has 1 N–H and O–H groups in total. The van der Waals surface area contributed by atoms with Crippen molar-refractivity contribution in [3.05, 3.63) is 72.7 Å². The fourth-order valence-corrected chi connectivity index (χ4v) is 2.34. The topological polar surface area (TPSA) is 64.1 Å². The number of hydrogen-bond acceptors (Lipinski definition) is 4. The molecule has 0 saturated heterocycles. The molecule has 0 aliphatic heterocycles. The van der Waals surface area contributed by atoms with E-state index in [1.807, 2.05) is 61.5 Å². The number of para-hydroxylation sites is 1. The molecule has 0 radical (unpaired) electrons. The number of nitrogens with one attached hydrogen (secondary N) is 1. The highest BCUT2D eigenvalue weighted by molar-refractivity contribution is 6.05. The molecule has 0 spiro atoms. The van der Waals surface area contributed by atoms with Crippen LogP contribution in [-0.4, -0.2) is 22.5 Å². The van der Waals surface area contributed by atoms with Gasteiger partial charge in [0.25, 0.3) is 5.91 Å². The van der Waals surface area contributed by atoms with Crippen LogP contribution in [0.1, 0.15) is 17.4 Å². The second-order valence-electron chi connectivity index (χ2n) is 5.04. The second-order valence-corrected chi connectivity index (χ2v) is 5.04. The van der Waals surface area contributed by atoms with Crippen molar-refractivity contribution in [1.29, 1.82) is 0 Å². The molecule has 1 amide bonds. The summed E-state index contributed by atoms with van der Waals surface area (Å²) in [7, 11) is 0. The van der Waals surface area contributed by atoms with Crippen molar-refractivity contribution in [1.82, 2.24) is 9.97 Å². The molecule has 0 bridgehead atoms. The van der Waals surface area contributed by atoms with E-state index in [9.17, 15) is 4.79 Å². The highest BCUT2D eigenvalue weighted by atomic mass is 16.5. The number of benzene rings is 2. The number of carbonyl (C=O) groups is 1. The van der Waals surface area contributed by atoms with E-state index in [1.165, 1.54) is 12.4 Å². The monoisotopic (exact) mass is 319 g/mol. The summed E-state index contributed by atoms with van der Waals surface area (Å²) >= 11 is 0. The summed E-state index contributed by atoms with van der Waals surface area (Å²) in [5, 5.41) is 2.91. The van der Waals surface area contributed by atoms with E-state index in [2.05, 4.69) is 15.3 Å². The molecule has 5 heteroatoms. The number of carbonyl (C=O) groups excluding carboxylic acids is 1. The molecule has 3 aromatic rings. The lowest BCUT2D eigenvalue weighted by Crippen LogP contribution is -2.14. The van der Waals surface area contributed by atoms with Crippen LogP contribution in [0.5, 0.6) is 5.88 Å². The number of amides is 1. The Bertz CT molecular complexity index is 835. The molecule has 120 valence electrons. The highest BCUT2D eigenvalue weighted by Gasteiger charge is 2.12. The van der Waals surface area contributed by atoms with Gasteiger partial charge in [0.15, 0.2) is 0 Å². The second kappa shape index (κ2) is 7.37. The molecule has 2 aromatic carbocycles. The summed E-state index contributed by atoms with van der Waals surface area (Å²) in [5.41, 5.74) is 2.97. The van der Waals surface area contributed by atoms with Gasteiger partial charge >= 0.3 is 0 Å². The lowest BCUT2D eigenvalue weighted by atomic mass is 10.0. The number of aromatic nitrogens is 2. The van der Waals surface area contributed by atoms with Crippen LogP contribution in [0.15, 0.2) is 67.0 Å². The lowest BCUT2D eigenvalue weighted by molar-refractivity contribution is 0.102. The summed E-state index contributed by atoms with van der Waals surface area (Å²) in [4.78, 5) is 20.5. The minimum atomic E-state index is -0.304. The Labute approximate surface area is 140 Å². The third-order valence-corrected chi connectivity index (χ3v) is 3.43. The van der Waals surface area contributed by atoms with Crippen LogP contribution < -0.4 is 10.1 Å². The van der Waals surface area contributed by atoms with E-state index < -0.39 is 0 Å². The Balaban J connectivity index is 1.86. The van der Waals surface area contributed by atoms with Gasteiger partial charge in [0.1, 0.15) is 12.0 Å². The summed E-state index contributed by atoms with van der Waals surface area (Å²) < 4.78 is 5.31. The van der Waals surface area contributed by atoms with Gasteiger partial charge in [-0.3, -0.25) is 4.79 Å².